The highest BCUT2D eigenvalue weighted by atomic mass is 16.6. The van der Waals surface area contributed by atoms with E-state index < -0.39 is 0 Å². The first-order valence-corrected chi connectivity index (χ1v) is 2.70. The van der Waals surface area contributed by atoms with Gasteiger partial charge in [0, 0.05) is 6.92 Å². The van der Waals surface area contributed by atoms with Gasteiger partial charge in [-0.2, -0.15) is 0 Å². The van der Waals surface area contributed by atoms with E-state index >= 15 is 0 Å². The van der Waals surface area contributed by atoms with Crippen LogP contribution in [0.25, 0.3) is 0 Å². The molecule has 0 aromatic heterocycles. The van der Waals surface area contributed by atoms with Crippen LogP contribution in [0.4, 0.5) is 0 Å². The topological polar surface area (TPSA) is 49.6 Å². The summed E-state index contributed by atoms with van der Waals surface area (Å²) in [5.74, 6) is -0.0617. The quantitative estimate of drug-likeness (QED) is 0.224. The van der Waals surface area contributed by atoms with Gasteiger partial charge in [0.05, 0.1) is 7.11 Å². The maximum absolute atomic E-state index is 10.2. The van der Waals surface area contributed by atoms with Gasteiger partial charge in [0.15, 0.2) is 0 Å². The zero-order valence-electron chi connectivity index (χ0n) is 6.09. The van der Waals surface area contributed by atoms with Crippen molar-refractivity contribution in [1.29, 1.82) is 0 Å². The maximum Gasteiger partial charge on any atom is 0.498 e. The molecule has 0 aliphatic carbocycles. The van der Waals surface area contributed by atoms with Gasteiger partial charge in [-0.1, -0.05) is 4.67 Å². The van der Waals surface area contributed by atoms with Gasteiger partial charge in [0.25, 0.3) is 6.72 Å². The van der Waals surface area contributed by atoms with Gasteiger partial charge in [0.2, 0.25) is 6.61 Å². The van der Waals surface area contributed by atoms with E-state index in [4.69, 9.17) is 0 Å². The zero-order valence-corrected chi connectivity index (χ0v) is 6.09. The summed E-state index contributed by atoms with van der Waals surface area (Å²) in [6.07, 6.45) is 0. The Kier molecular flexibility index (Phi) is 4.00. The van der Waals surface area contributed by atoms with Crippen LogP contribution in [-0.4, -0.2) is 32.3 Å². The van der Waals surface area contributed by atoms with E-state index in [1.807, 2.05) is 0 Å². The average molecular weight is 144 g/mol. The second-order valence-corrected chi connectivity index (χ2v) is 1.54. The van der Waals surface area contributed by atoms with E-state index in [1.165, 1.54) is 14.0 Å². The Morgan fingerprint density at radius 3 is 2.60 bits per heavy atom. The maximum atomic E-state index is 10.2. The van der Waals surface area contributed by atoms with Crippen molar-refractivity contribution < 1.29 is 14.3 Å². The molecule has 0 radical (unpaired) electrons. The standard InChI is InChI=1S/C6H10NO3/c1-5(8)10-4-6(7-2)9-3/h2,4H2,1,3H3/q+1. The van der Waals surface area contributed by atoms with Gasteiger partial charge >= 0.3 is 11.9 Å². The lowest BCUT2D eigenvalue weighted by atomic mass is 10.7. The SMILES string of the molecule is C=[N+]=C(COC(C)=O)OC. The van der Waals surface area contributed by atoms with Crippen LogP contribution in [0.2, 0.25) is 0 Å². The highest BCUT2D eigenvalue weighted by Crippen LogP contribution is 1.77. The smallest absolute Gasteiger partial charge is 0.449 e. The molecule has 0 rings (SSSR count). The fourth-order valence-electron chi connectivity index (χ4n) is 0.332. The van der Waals surface area contributed by atoms with Crippen molar-refractivity contribution in [2.24, 2.45) is 0 Å². The molecule has 0 heterocycles. The Bertz CT molecular complexity index is 170. The number of methoxy groups -OCH3 is 1. The van der Waals surface area contributed by atoms with Gasteiger partial charge in [-0.25, -0.2) is 0 Å². The molecular weight excluding hydrogens is 134 g/mol. The number of hydrogen-bond acceptors (Lipinski definition) is 3. The molecule has 0 aromatic carbocycles. The Balaban J connectivity index is 3.67. The number of hydrogen-bond donors (Lipinski definition) is 0. The number of esters is 1. The number of rotatable bonds is 2. The minimum atomic E-state index is -0.363. The Labute approximate surface area is 59.2 Å². The first-order valence-electron chi connectivity index (χ1n) is 2.70. The third-order valence-corrected chi connectivity index (χ3v) is 0.811. The second kappa shape index (κ2) is 4.58. The molecule has 0 atom stereocenters. The van der Waals surface area contributed by atoms with Crippen LogP contribution in [0, 0.1) is 0 Å². The van der Waals surface area contributed by atoms with Crippen molar-refractivity contribution in [3.8, 4) is 0 Å². The van der Waals surface area contributed by atoms with Crippen LogP contribution < -0.4 is 4.67 Å². The van der Waals surface area contributed by atoms with E-state index in [0.717, 1.165) is 0 Å². The summed E-state index contributed by atoms with van der Waals surface area (Å²) in [6.45, 7) is 4.57. The number of ether oxygens (including phenoxy) is 2. The van der Waals surface area contributed by atoms with Crippen LogP contribution in [0.1, 0.15) is 6.92 Å². The van der Waals surface area contributed by atoms with Crippen LogP contribution >= 0.6 is 0 Å². The molecule has 0 N–H and O–H groups in total. The van der Waals surface area contributed by atoms with Gasteiger partial charge in [-0.3, -0.25) is 4.79 Å². The molecule has 0 bridgehead atoms. The fourth-order valence-corrected chi connectivity index (χ4v) is 0.332. The van der Waals surface area contributed by atoms with Gasteiger partial charge in [-0.05, 0) is 0 Å². The van der Waals surface area contributed by atoms with Crippen molar-refractivity contribution >= 4 is 18.6 Å². The summed E-state index contributed by atoms with van der Waals surface area (Å²) in [5, 5.41) is 0. The van der Waals surface area contributed by atoms with E-state index in [1.54, 1.807) is 0 Å². The molecular formula is C6H10NO3+. The first-order chi connectivity index (χ1) is 4.70. The number of carbonyl (C=O) groups is 1. The average Bonchev–Trinajstić information content (AvgIpc) is 1.90. The van der Waals surface area contributed by atoms with Crippen molar-refractivity contribution in [2.75, 3.05) is 13.7 Å². The van der Waals surface area contributed by atoms with E-state index in [2.05, 4.69) is 20.9 Å². The van der Waals surface area contributed by atoms with Gasteiger partial charge in [-0.15, -0.1) is 0 Å². The number of nitrogens with zero attached hydrogens (tertiary/aromatic N) is 1. The van der Waals surface area contributed by atoms with Crippen LogP contribution in [0.3, 0.4) is 0 Å². The highest BCUT2D eigenvalue weighted by molar-refractivity contribution is 5.79. The van der Waals surface area contributed by atoms with Crippen molar-refractivity contribution in [3.63, 3.8) is 0 Å². The summed E-state index contributed by atoms with van der Waals surface area (Å²) in [6, 6.07) is 0. The lowest BCUT2D eigenvalue weighted by Gasteiger charge is -1.93. The normalized spacial score (nSPS) is 7.80. The molecule has 0 saturated carbocycles. The molecule has 0 saturated heterocycles. The Morgan fingerprint density at radius 2 is 2.30 bits per heavy atom. The molecule has 10 heavy (non-hydrogen) atoms. The summed E-state index contributed by atoms with van der Waals surface area (Å²) in [5.41, 5.74) is 0. The molecule has 0 aliphatic rings. The van der Waals surface area contributed by atoms with E-state index in [0.29, 0.717) is 5.90 Å². The summed E-state index contributed by atoms with van der Waals surface area (Å²) >= 11 is 0. The Hall–Kier alpha value is -1.28. The fraction of sp³-hybridized carbons (Fsp3) is 0.500. The van der Waals surface area contributed by atoms with Crippen molar-refractivity contribution in [3.05, 3.63) is 0 Å². The predicted molar refractivity (Wildman–Crippen MR) is 37.9 cm³/mol. The molecule has 4 nitrogen and oxygen atoms in total. The minimum absolute atomic E-state index is 0.0509. The largest absolute Gasteiger partial charge is 0.498 e. The van der Waals surface area contributed by atoms with Crippen LogP contribution in [0.15, 0.2) is 0 Å². The molecule has 0 spiro atoms. The molecule has 0 aliphatic heterocycles. The third-order valence-electron chi connectivity index (χ3n) is 0.811. The number of carbonyl (C=O) groups excluding carboxylic acids is 1. The lowest BCUT2D eigenvalue weighted by molar-refractivity contribution is -0.139. The summed E-state index contributed by atoms with van der Waals surface area (Å²) in [7, 11) is 1.44. The van der Waals surface area contributed by atoms with Crippen LogP contribution in [-0.2, 0) is 14.3 Å². The summed E-state index contributed by atoms with van der Waals surface area (Å²) < 4.78 is 12.7. The molecule has 56 valence electrons. The summed E-state index contributed by atoms with van der Waals surface area (Å²) in [4.78, 5) is 10.2. The third kappa shape index (κ3) is 3.69. The monoisotopic (exact) mass is 144 g/mol. The molecule has 4 heteroatoms. The van der Waals surface area contributed by atoms with E-state index in [9.17, 15) is 4.79 Å². The van der Waals surface area contributed by atoms with Crippen LogP contribution in [0.5, 0.6) is 0 Å². The van der Waals surface area contributed by atoms with Crippen molar-refractivity contribution in [2.45, 2.75) is 6.92 Å². The van der Waals surface area contributed by atoms with Gasteiger partial charge < -0.3 is 9.47 Å². The second-order valence-electron chi connectivity index (χ2n) is 1.54. The zero-order chi connectivity index (χ0) is 7.98. The molecule has 0 aromatic rings. The molecule has 0 fully saturated rings. The molecule has 0 unspecified atom stereocenters. The minimum Gasteiger partial charge on any atom is -0.449 e. The molecule has 0 amide bonds. The first kappa shape index (κ1) is 8.72. The predicted octanol–water partition coefficient (Wildman–Crippen LogP) is -0.638. The highest BCUT2D eigenvalue weighted by Gasteiger charge is 2.08. The van der Waals surface area contributed by atoms with E-state index in [-0.39, 0.29) is 12.6 Å². The van der Waals surface area contributed by atoms with Crippen molar-refractivity contribution in [1.82, 2.24) is 4.67 Å². The Morgan fingerprint density at radius 1 is 1.70 bits per heavy atom. The lowest BCUT2D eigenvalue weighted by Crippen LogP contribution is -2.15. The van der Waals surface area contributed by atoms with Gasteiger partial charge in [0.1, 0.15) is 0 Å².